The lowest BCUT2D eigenvalue weighted by Crippen LogP contribution is -2.19. The number of para-hydroxylation sites is 1. The van der Waals surface area contributed by atoms with E-state index < -0.39 is 0 Å². The van der Waals surface area contributed by atoms with Crippen LogP contribution in [-0.2, 0) is 6.42 Å². The number of benzene rings is 2. The molecule has 1 heterocycles. The largest absolute Gasteiger partial charge is 0.313 e. The molecule has 1 atom stereocenters. The first-order valence-electron chi connectivity index (χ1n) is 7.03. The van der Waals surface area contributed by atoms with E-state index in [9.17, 15) is 0 Å². The number of rotatable bonds is 4. The summed E-state index contributed by atoms with van der Waals surface area (Å²) in [7, 11) is 1.97. The Bertz CT molecular complexity index is 755. The zero-order valence-electron chi connectivity index (χ0n) is 11.9. The van der Waals surface area contributed by atoms with E-state index in [0.717, 1.165) is 27.9 Å². The third-order valence-electron chi connectivity index (χ3n) is 3.74. The normalized spacial score (nSPS) is 12.5. The molecule has 2 aromatic carbocycles. The molecule has 0 amide bonds. The monoisotopic (exact) mass is 296 g/mol. The lowest BCUT2D eigenvalue weighted by molar-refractivity contribution is 0.591. The maximum Gasteiger partial charge on any atom is 0.0702 e. The van der Waals surface area contributed by atoms with Crippen molar-refractivity contribution in [2.24, 2.45) is 0 Å². The first-order valence-corrected chi connectivity index (χ1v) is 7.41. The maximum absolute atomic E-state index is 6.26. The van der Waals surface area contributed by atoms with Gasteiger partial charge in [0.25, 0.3) is 0 Å². The van der Waals surface area contributed by atoms with Gasteiger partial charge in [-0.2, -0.15) is 0 Å². The Kier molecular flexibility index (Phi) is 4.18. The molecule has 0 spiro atoms. The summed E-state index contributed by atoms with van der Waals surface area (Å²) in [6.07, 6.45) is 2.79. The third kappa shape index (κ3) is 3.07. The molecule has 106 valence electrons. The van der Waals surface area contributed by atoms with E-state index in [1.807, 2.05) is 49.6 Å². The van der Waals surface area contributed by atoms with Crippen molar-refractivity contribution in [2.45, 2.75) is 12.5 Å². The highest BCUT2D eigenvalue weighted by Gasteiger charge is 2.13. The number of likely N-dealkylation sites (N-methyl/N-ethyl adjacent to an activating group) is 1. The van der Waals surface area contributed by atoms with Gasteiger partial charge < -0.3 is 5.32 Å². The number of nitrogens with zero attached hydrogens (tertiary/aromatic N) is 1. The van der Waals surface area contributed by atoms with Gasteiger partial charge in [-0.1, -0.05) is 48.0 Å². The number of fused-ring (bicyclic) bond motifs is 1. The second-order valence-corrected chi connectivity index (χ2v) is 5.51. The molecule has 2 nitrogen and oxygen atoms in total. The van der Waals surface area contributed by atoms with Crippen molar-refractivity contribution in [1.82, 2.24) is 10.3 Å². The van der Waals surface area contributed by atoms with E-state index in [-0.39, 0.29) is 6.04 Å². The molecule has 0 saturated heterocycles. The molecule has 1 aromatic heterocycles. The van der Waals surface area contributed by atoms with Gasteiger partial charge in [0.15, 0.2) is 0 Å². The summed E-state index contributed by atoms with van der Waals surface area (Å²) in [6.45, 7) is 0. The number of aromatic nitrogens is 1. The second-order valence-electron chi connectivity index (χ2n) is 5.10. The fraction of sp³-hybridized carbons (Fsp3) is 0.167. The number of nitrogens with one attached hydrogen (secondary N) is 1. The summed E-state index contributed by atoms with van der Waals surface area (Å²) in [4.78, 5) is 4.54. The van der Waals surface area contributed by atoms with Crippen LogP contribution in [0.1, 0.15) is 17.2 Å². The molecule has 0 radical (unpaired) electrons. The minimum atomic E-state index is 0.196. The van der Waals surface area contributed by atoms with Crippen molar-refractivity contribution in [3.8, 4) is 0 Å². The second kappa shape index (κ2) is 6.25. The van der Waals surface area contributed by atoms with Crippen LogP contribution in [0.15, 0.2) is 60.8 Å². The Morgan fingerprint density at radius 1 is 1.10 bits per heavy atom. The molecule has 0 aliphatic heterocycles. The van der Waals surface area contributed by atoms with Gasteiger partial charge in [0.1, 0.15) is 0 Å². The van der Waals surface area contributed by atoms with Crippen LogP contribution in [0.4, 0.5) is 0 Å². The van der Waals surface area contributed by atoms with Crippen molar-refractivity contribution in [2.75, 3.05) is 7.05 Å². The Hall–Kier alpha value is -1.90. The van der Waals surface area contributed by atoms with Crippen molar-refractivity contribution in [3.05, 3.63) is 76.9 Å². The SMILES string of the molecule is CNC(Cc1ccccc1Cl)c1cnc2ccccc2c1. The summed E-state index contributed by atoms with van der Waals surface area (Å²) in [5.41, 5.74) is 3.34. The Morgan fingerprint density at radius 2 is 1.86 bits per heavy atom. The van der Waals surface area contributed by atoms with Gasteiger partial charge in [-0.25, -0.2) is 0 Å². The van der Waals surface area contributed by atoms with Gasteiger partial charge in [0, 0.05) is 22.6 Å². The maximum atomic E-state index is 6.26. The third-order valence-corrected chi connectivity index (χ3v) is 4.11. The van der Waals surface area contributed by atoms with Crippen LogP contribution in [0, 0.1) is 0 Å². The summed E-state index contributed by atoms with van der Waals surface area (Å²) >= 11 is 6.26. The molecule has 3 heteroatoms. The smallest absolute Gasteiger partial charge is 0.0702 e. The zero-order valence-corrected chi connectivity index (χ0v) is 12.6. The van der Waals surface area contributed by atoms with E-state index in [4.69, 9.17) is 11.6 Å². The first-order chi connectivity index (χ1) is 10.3. The average molecular weight is 297 g/mol. The topological polar surface area (TPSA) is 24.9 Å². The highest BCUT2D eigenvalue weighted by atomic mass is 35.5. The highest BCUT2D eigenvalue weighted by Crippen LogP contribution is 2.24. The molecule has 3 rings (SSSR count). The van der Waals surface area contributed by atoms with Gasteiger partial charge in [0.2, 0.25) is 0 Å². The van der Waals surface area contributed by atoms with Crippen LogP contribution in [0.3, 0.4) is 0 Å². The molecular weight excluding hydrogens is 280 g/mol. The van der Waals surface area contributed by atoms with Gasteiger partial charge in [-0.3, -0.25) is 4.98 Å². The molecule has 1 unspecified atom stereocenters. The average Bonchev–Trinajstić information content (AvgIpc) is 2.54. The lowest BCUT2D eigenvalue weighted by atomic mass is 9.99. The molecule has 0 aliphatic carbocycles. The summed E-state index contributed by atoms with van der Waals surface area (Å²) in [6, 6.07) is 18.5. The van der Waals surface area contributed by atoms with Crippen LogP contribution >= 0.6 is 11.6 Å². The predicted octanol–water partition coefficient (Wildman–Crippen LogP) is 4.39. The van der Waals surface area contributed by atoms with Crippen LogP contribution in [0.5, 0.6) is 0 Å². The molecule has 1 N–H and O–H groups in total. The van der Waals surface area contributed by atoms with E-state index in [2.05, 4.69) is 28.5 Å². The van der Waals surface area contributed by atoms with Crippen molar-refractivity contribution < 1.29 is 0 Å². The summed E-state index contributed by atoms with van der Waals surface area (Å²) < 4.78 is 0. The van der Waals surface area contributed by atoms with E-state index in [0.29, 0.717) is 0 Å². The molecule has 0 bridgehead atoms. The van der Waals surface area contributed by atoms with Crippen LogP contribution in [0.2, 0.25) is 5.02 Å². The first kappa shape index (κ1) is 14.1. The van der Waals surface area contributed by atoms with Crippen LogP contribution < -0.4 is 5.32 Å². The van der Waals surface area contributed by atoms with Crippen molar-refractivity contribution in [3.63, 3.8) is 0 Å². The van der Waals surface area contributed by atoms with Crippen LogP contribution in [-0.4, -0.2) is 12.0 Å². The van der Waals surface area contributed by atoms with Gasteiger partial charge in [-0.05, 0) is 42.8 Å². The molecule has 0 aliphatic rings. The quantitative estimate of drug-likeness (QED) is 0.772. The minimum absolute atomic E-state index is 0.196. The minimum Gasteiger partial charge on any atom is -0.313 e. The number of hydrogen-bond acceptors (Lipinski definition) is 2. The fourth-order valence-corrected chi connectivity index (χ4v) is 2.76. The predicted molar refractivity (Wildman–Crippen MR) is 88.7 cm³/mol. The van der Waals surface area contributed by atoms with E-state index in [1.165, 1.54) is 5.56 Å². The van der Waals surface area contributed by atoms with Crippen molar-refractivity contribution >= 4 is 22.5 Å². The highest BCUT2D eigenvalue weighted by molar-refractivity contribution is 6.31. The molecule has 0 saturated carbocycles. The Morgan fingerprint density at radius 3 is 2.67 bits per heavy atom. The standard InChI is InChI=1S/C18H17ClN2/c1-20-18(11-13-6-2-4-8-16(13)19)15-10-14-7-3-5-9-17(14)21-12-15/h2-10,12,18,20H,11H2,1H3. The van der Waals surface area contributed by atoms with Gasteiger partial charge in [0.05, 0.1) is 5.52 Å². The Balaban J connectivity index is 1.93. The molecule has 21 heavy (non-hydrogen) atoms. The number of hydrogen-bond donors (Lipinski definition) is 1. The lowest BCUT2D eigenvalue weighted by Gasteiger charge is -2.17. The summed E-state index contributed by atoms with van der Waals surface area (Å²) in [5, 5.41) is 5.33. The van der Waals surface area contributed by atoms with E-state index in [1.54, 1.807) is 0 Å². The number of pyridine rings is 1. The zero-order chi connectivity index (χ0) is 14.7. The molecular formula is C18H17ClN2. The van der Waals surface area contributed by atoms with Gasteiger partial charge >= 0.3 is 0 Å². The van der Waals surface area contributed by atoms with Crippen molar-refractivity contribution in [1.29, 1.82) is 0 Å². The van der Waals surface area contributed by atoms with Crippen LogP contribution in [0.25, 0.3) is 10.9 Å². The Labute approximate surface area is 129 Å². The summed E-state index contributed by atoms with van der Waals surface area (Å²) in [5.74, 6) is 0. The van der Waals surface area contributed by atoms with Gasteiger partial charge in [-0.15, -0.1) is 0 Å². The van der Waals surface area contributed by atoms with E-state index >= 15 is 0 Å². The molecule has 3 aromatic rings. The fourth-order valence-electron chi connectivity index (χ4n) is 2.55. The molecule has 0 fully saturated rings. The number of halogens is 1.